The van der Waals surface area contributed by atoms with Crippen LogP contribution in [0.4, 0.5) is 5.69 Å². The van der Waals surface area contributed by atoms with Crippen molar-refractivity contribution in [3.05, 3.63) is 81.8 Å². The Labute approximate surface area is 167 Å². The molecule has 1 aliphatic rings. The highest BCUT2D eigenvalue weighted by Gasteiger charge is 2.20. The molecule has 0 saturated carbocycles. The smallest absolute Gasteiger partial charge is 0.221 e. The van der Waals surface area contributed by atoms with Crippen LogP contribution < -0.4 is 11.1 Å². The Morgan fingerprint density at radius 1 is 1.14 bits per heavy atom. The molecule has 4 rings (SSSR count). The molecule has 3 aromatic rings. The molecule has 0 aliphatic heterocycles. The van der Waals surface area contributed by atoms with Crippen LogP contribution in [-0.4, -0.2) is 15.8 Å². The van der Waals surface area contributed by atoms with Gasteiger partial charge in [0.2, 0.25) is 5.91 Å². The number of halogens is 1. The van der Waals surface area contributed by atoms with Crippen LogP contribution in [-0.2, 0) is 24.1 Å². The number of nitrogens with zero attached hydrogens (tertiary/aromatic N) is 2. The number of carbonyl (C=O) groups is 1. The third kappa shape index (κ3) is 3.66. The quantitative estimate of drug-likeness (QED) is 0.661. The summed E-state index contributed by atoms with van der Waals surface area (Å²) in [7, 11) is 0. The molecule has 2 aromatic carbocycles. The monoisotopic (exact) mass is 393 g/mol. The number of carbonyl (C=O) groups excluding carboxylic acids is 1. The zero-order valence-corrected chi connectivity index (χ0v) is 16.0. The fourth-order valence-electron chi connectivity index (χ4n) is 3.64. The van der Waals surface area contributed by atoms with Gasteiger partial charge in [0.1, 0.15) is 0 Å². The van der Waals surface area contributed by atoms with Gasteiger partial charge in [-0.2, -0.15) is 4.73 Å². The van der Waals surface area contributed by atoms with Crippen molar-refractivity contribution in [2.24, 2.45) is 10.7 Å². The molecule has 0 radical (unpaired) electrons. The second kappa shape index (κ2) is 7.52. The van der Waals surface area contributed by atoms with E-state index in [4.69, 9.17) is 22.3 Å². The van der Waals surface area contributed by atoms with Crippen LogP contribution in [0.5, 0.6) is 0 Å². The minimum Gasteiger partial charge on any atom is -0.428 e. The number of hydrogen-bond donors (Lipinski definition) is 2. The van der Waals surface area contributed by atoms with Gasteiger partial charge in [0.05, 0.1) is 28.9 Å². The molecule has 28 heavy (non-hydrogen) atoms. The molecule has 0 unspecified atom stereocenters. The van der Waals surface area contributed by atoms with Gasteiger partial charge in [0.25, 0.3) is 0 Å². The Morgan fingerprint density at radius 2 is 1.93 bits per heavy atom. The molecule has 1 aromatic heterocycles. The first-order valence-corrected chi connectivity index (χ1v) is 9.54. The van der Waals surface area contributed by atoms with Crippen molar-refractivity contribution in [2.75, 3.05) is 0 Å². The second-order valence-corrected chi connectivity index (χ2v) is 7.37. The molecule has 0 atom stereocenters. The van der Waals surface area contributed by atoms with Gasteiger partial charge in [-0.05, 0) is 55.2 Å². The molecule has 1 heterocycles. The van der Waals surface area contributed by atoms with E-state index < -0.39 is 0 Å². The molecule has 0 bridgehead atoms. The Hall–Kier alpha value is -3.05. The number of fused-ring (bicyclic) bond motifs is 1. The molecule has 5 nitrogen and oxygen atoms in total. The van der Waals surface area contributed by atoms with Gasteiger partial charge in [-0.3, -0.25) is 4.79 Å². The lowest BCUT2D eigenvalue weighted by atomic mass is 10.1. The van der Waals surface area contributed by atoms with Crippen molar-refractivity contribution in [3.8, 4) is 11.3 Å². The van der Waals surface area contributed by atoms with Crippen LogP contribution in [0.1, 0.15) is 23.2 Å². The SMILES string of the molecule is NC(=O)Cc1ccc(N=c2cc(-c3cccc(Cl)c3)n(O)c3c2CCC3)cc1. The third-order valence-electron chi connectivity index (χ3n) is 4.94. The summed E-state index contributed by atoms with van der Waals surface area (Å²) in [4.78, 5) is 15.9. The number of hydrogen-bond acceptors (Lipinski definition) is 3. The van der Waals surface area contributed by atoms with E-state index in [1.165, 1.54) is 4.73 Å². The molecular formula is C22H20ClN3O2. The molecule has 0 saturated heterocycles. The predicted octanol–water partition coefficient (Wildman–Crippen LogP) is 3.79. The minimum atomic E-state index is -0.357. The zero-order chi connectivity index (χ0) is 19.7. The van der Waals surface area contributed by atoms with Crippen LogP contribution in [0.25, 0.3) is 11.3 Å². The molecule has 0 spiro atoms. The van der Waals surface area contributed by atoms with E-state index in [2.05, 4.69) is 0 Å². The first kappa shape index (κ1) is 18.3. The maximum atomic E-state index is 11.1. The highest BCUT2D eigenvalue weighted by molar-refractivity contribution is 6.30. The number of benzene rings is 2. The van der Waals surface area contributed by atoms with Crippen LogP contribution in [0.3, 0.4) is 0 Å². The van der Waals surface area contributed by atoms with E-state index in [-0.39, 0.29) is 12.3 Å². The molecule has 6 heteroatoms. The largest absolute Gasteiger partial charge is 0.428 e. The van der Waals surface area contributed by atoms with Gasteiger partial charge >= 0.3 is 0 Å². The summed E-state index contributed by atoms with van der Waals surface area (Å²) in [5, 5.41) is 12.2. The summed E-state index contributed by atoms with van der Waals surface area (Å²) in [6.45, 7) is 0. The standard InChI is InChI=1S/C22H20ClN3O2/c23-16-4-1-3-15(12-16)21-13-19(18-5-2-6-20(18)26(21)28)25-17-9-7-14(8-10-17)11-22(24)27/h1,3-4,7-10,12-13,28H,2,5-6,11H2,(H2,24,27). The topological polar surface area (TPSA) is 80.6 Å². The van der Waals surface area contributed by atoms with E-state index in [1.807, 2.05) is 48.5 Å². The van der Waals surface area contributed by atoms with Gasteiger partial charge in [0.15, 0.2) is 0 Å². The number of aromatic nitrogens is 1. The summed E-state index contributed by atoms with van der Waals surface area (Å²) in [5.41, 5.74) is 10.3. The van der Waals surface area contributed by atoms with Crippen molar-refractivity contribution >= 4 is 23.2 Å². The third-order valence-corrected chi connectivity index (χ3v) is 5.17. The summed E-state index contributed by atoms with van der Waals surface area (Å²) in [5.74, 6) is -0.357. The number of primary amides is 1. The van der Waals surface area contributed by atoms with E-state index in [0.717, 1.165) is 52.7 Å². The number of pyridine rings is 1. The molecule has 1 aliphatic carbocycles. The van der Waals surface area contributed by atoms with E-state index in [0.29, 0.717) is 10.7 Å². The average Bonchev–Trinajstić information content (AvgIpc) is 3.16. The molecule has 142 valence electrons. The maximum absolute atomic E-state index is 11.1. The number of rotatable bonds is 4. The zero-order valence-electron chi connectivity index (χ0n) is 15.2. The van der Waals surface area contributed by atoms with Crippen LogP contribution >= 0.6 is 11.6 Å². The molecule has 3 N–H and O–H groups in total. The highest BCUT2D eigenvalue weighted by atomic mass is 35.5. The van der Waals surface area contributed by atoms with Crippen molar-refractivity contribution in [3.63, 3.8) is 0 Å². The Balaban J connectivity index is 1.83. The van der Waals surface area contributed by atoms with E-state index in [1.54, 1.807) is 6.07 Å². The summed E-state index contributed by atoms with van der Waals surface area (Å²) < 4.78 is 1.27. The van der Waals surface area contributed by atoms with Crippen molar-refractivity contribution in [1.29, 1.82) is 0 Å². The Morgan fingerprint density at radius 3 is 2.64 bits per heavy atom. The summed E-state index contributed by atoms with van der Waals surface area (Å²) in [6, 6.07) is 16.8. The summed E-state index contributed by atoms with van der Waals surface area (Å²) >= 11 is 6.14. The fraction of sp³-hybridized carbons (Fsp3) is 0.182. The van der Waals surface area contributed by atoms with E-state index >= 15 is 0 Å². The average molecular weight is 394 g/mol. The summed E-state index contributed by atoms with van der Waals surface area (Å²) in [6.07, 6.45) is 2.88. The first-order valence-electron chi connectivity index (χ1n) is 9.16. The second-order valence-electron chi connectivity index (χ2n) is 6.94. The first-order chi connectivity index (χ1) is 13.5. The van der Waals surface area contributed by atoms with Crippen molar-refractivity contribution in [2.45, 2.75) is 25.7 Å². The lowest BCUT2D eigenvalue weighted by Crippen LogP contribution is -2.17. The molecule has 0 fully saturated rings. The fourth-order valence-corrected chi connectivity index (χ4v) is 3.83. The number of nitrogens with two attached hydrogens (primary N) is 1. The van der Waals surface area contributed by atoms with Gasteiger partial charge in [-0.25, -0.2) is 4.99 Å². The maximum Gasteiger partial charge on any atom is 0.221 e. The lowest BCUT2D eigenvalue weighted by molar-refractivity contribution is -0.117. The Bertz CT molecular complexity index is 1120. The van der Waals surface area contributed by atoms with Crippen LogP contribution in [0.2, 0.25) is 5.02 Å². The van der Waals surface area contributed by atoms with Gasteiger partial charge < -0.3 is 10.9 Å². The lowest BCUT2D eigenvalue weighted by Gasteiger charge is -2.13. The normalized spacial score (nSPS) is 13.5. The van der Waals surface area contributed by atoms with Crippen LogP contribution in [0, 0.1) is 0 Å². The predicted molar refractivity (Wildman–Crippen MR) is 109 cm³/mol. The molecular weight excluding hydrogens is 374 g/mol. The number of amides is 1. The molecule has 1 amide bonds. The van der Waals surface area contributed by atoms with Crippen LogP contribution in [0.15, 0.2) is 59.6 Å². The highest BCUT2D eigenvalue weighted by Crippen LogP contribution is 2.27. The van der Waals surface area contributed by atoms with Gasteiger partial charge in [0, 0.05) is 16.1 Å². The Kier molecular flexibility index (Phi) is 4.92. The van der Waals surface area contributed by atoms with E-state index in [9.17, 15) is 10.0 Å². The van der Waals surface area contributed by atoms with Crippen molar-refractivity contribution in [1.82, 2.24) is 4.73 Å². The van der Waals surface area contributed by atoms with Gasteiger partial charge in [-0.1, -0.05) is 35.9 Å². The minimum absolute atomic E-state index is 0.213. The van der Waals surface area contributed by atoms with Gasteiger partial charge in [-0.15, -0.1) is 0 Å². The van der Waals surface area contributed by atoms with Crippen molar-refractivity contribution < 1.29 is 10.0 Å².